The Kier molecular flexibility index (Phi) is 6.89. The van der Waals surface area contributed by atoms with Crippen LogP contribution in [0.25, 0.3) is 0 Å². The molecule has 1 amide bonds. The highest BCUT2D eigenvalue weighted by Gasteiger charge is 2.27. The van der Waals surface area contributed by atoms with Crippen LogP contribution >= 0.6 is 11.6 Å². The van der Waals surface area contributed by atoms with Gasteiger partial charge in [-0.05, 0) is 42.2 Å². The number of rotatable bonds is 6. The molecule has 2 aromatic carbocycles. The molecule has 162 valence electrons. The summed E-state index contributed by atoms with van der Waals surface area (Å²) in [5.41, 5.74) is 3.70. The van der Waals surface area contributed by atoms with Crippen LogP contribution in [0.1, 0.15) is 17.5 Å². The summed E-state index contributed by atoms with van der Waals surface area (Å²) in [6.07, 6.45) is 3.61. The normalized spacial score (nSPS) is 19.1. The van der Waals surface area contributed by atoms with E-state index in [9.17, 15) is 4.79 Å². The van der Waals surface area contributed by atoms with Crippen molar-refractivity contribution in [3.05, 3.63) is 76.1 Å². The van der Waals surface area contributed by atoms with E-state index in [1.807, 2.05) is 11.0 Å². The molecule has 0 radical (unpaired) electrons. The number of nitrogens with one attached hydrogen (secondary N) is 3. The molecule has 4 rings (SSSR count). The van der Waals surface area contributed by atoms with Crippen LogP contribution in [0, 0.1) is 5.41 Å². The number of anilines is 1. The lowest BCUT2D eigenvalue weighted by molar-refractivity contribution is -0.117. The number of carbonyl (C=O) groups is 1. The van der Waals surface area contributed by atoms with Gasteiger partial charge in [0.15, 0.2) is 0 Å². The van der Waals surface area contributed by atoms with E-state index in [-0.39, 0.29) is 17.8 Å². The molecule has 6 nitrogen and oxygen atoms in total. The van der Waals surface area contributed by atoms with Crippen molar-refractivity contribution in [1.29, 1.82) is 5.41 Å². The van der Waals surface area contributed by atoms with Crippen molar-refractivity contribution < 1.29 is 9.53 Å². The second kappa shape index (κ2) is 9.98. The molecule has 0 spiro atoms. The van der Waals surface area contributed by atoms with E-state index in [4.69, 9.17) is 21.7 Å². The van der Waals surface area contributed by atoms with Crippen LogP contribution in [-0.4, -0.2) is 49.3 Å². The quantitative estimate of drug-likeness (QED) is 0.365. The molecule has 1 saturated heterocycles. The Balaban J connectivity index is 1.61. The zero-order valence-electron chi connectivity index (χ0n) is 17.4. The molecule has 3 N–H and O–H groups in total. The first-order chi connectivity index (χ1) is 15.1. The van der Waals surface area contributed by atoms with Crippen molar-refractivity contribution in [3.8, 4) is 0 Å². The number of allylic oxidation sites excluding steroid dienone is 1. The van der Waals surface area contributed by atoms with Crippen molar-refractivity contribution in [2.45, 2.75) is 25.4 Å². The number of halogens is 1. The van der Waals surface area contributed by atoms with Crippen LogP contribution in [-0.2, 0) is 22.4 Å². The van der Waals surface area contributed by atoms with Gasteiger partial charge in [-0.3, -0.25) is 4.79 Å². The maximum absolute atomic E-state index is 13.3. The van der Waals surface area contributed by atoms with E-state index in [0.717, 1.165) is 45.4 Å². The fourth-order valence-electron chi connectivity index (χ4n) is 4.12. The predicted octanol–water partition coefficient (Wildman–Crippen LogP) is 3.62. The molecule has 1 aliphatic heterocycles. The van der Waals surface area contributed by atoms with Crippen LogP contribution < -0.4 is 10.6 Å². The van der Waals surface area contributed by atoms with E-state index >= 15 is 0 Å². The lowest BCUT2D eigenvalue weighted by atomic mass is 9.90. The van der Waals surface area contributed by atoms with Crippen molar-refractivity contribution in [3.63, 3.8) is 0 Å². The Morgan fingerprint density at radius 2 is 1.94 bits per heavy atom. The number of aryl methyl sites for hydroxylation is 1. The Morgan fingerprint density at radius 1 is 1.16 bits per heavy atom. The Morgan fingerprint density at radius 3 is 2.68 bits per heavy atom. The minimum absolute atomic E-state index is 0.118. The first-order valence-electron chi connectivity index (χ1n) is 10.6. The van der Waals surface area contributed by atoms with Gasteiger partial charge in [0.05, 0.1) is 0 Å². The summed E-state index contributed by atoms with van der Waals surface area (Å²) < 4.78 is 6.34. The predicted molar refractivity (Wildman–Crippen MR) is 124 cm³/mol. The lowest BCUT2D eigenvalue weighted by Gasteiger charge is -2.32. The molecule has 0 aromatic heterocycles. The average Bonchev–Trinajstić information content (AvgIpc) is 2.79. The number of benzene rings is 2. The highest BCUT2D eigenvalue weighted by molar-refractivity contribution is 6.31. The topological polar surface area (TPSA) is 77.5 Å². The van der Waals surface area contributed by atoms with Gasteiger partial charge >= 0.3 is 0 Å². The smallest absolute Gasteiger partial charge is 0.293 e. The zero-order valence-corrected chi connectivity index (χ0v) is 18.1. The molecule has 2 aromatic rings. The van der Waals surface area contributed by atoms with E-state index < -0.39 is 0 Å². The average molecular weight is 439 g/mol. The highest BCUT2D eigenvalue weighted by Crippen LogP contribution is 2.26. The van der Waals surface area contributed by atoms with Gasteiger partial charge in [0.2, 0.25) is 5.76 Å². The minimum atomic E-state index is -0.363. The number of hydrogen-bond acceptors (Lipinski definition) is 5. The Bertz CT molecular complexity index is 985. The molecule has 1 unspecified atom stereocenters. The van der Waals surface area contributed by atoms with Gasteiger partial charge < -0.3 is 25.7 Å². The van der Waals surface area contributed by atoms with Gasteiger partial charge in [-0.15, -0.1) is 0 Å². The SMILES string of the molecule is N=CC(=C(OC1CCc2ccccc2C1)C(=O)Nc1cccc(Cl)c1)N1CCNCC1. The highest BCUT2D eigenvalue weighted by atomic mass is 35.5. The Hall–Kier alpha value is -2.83. The van der Waals surface area contributed by atoms with Gasteiger partial charge in [0.1, 0.15) is 11.8 Å². The van der Waals surface area contributed by atoms with Crippen molar-refractivity contribution in [2.24, 2.45) is 0 Å². The molecule has 1 fully saturated rings. The van der Waals surface area contributed by atoms with Crippen LogP contribution in [0.2, 0.25) is 5.02 Å². The number of nitrogens with zero attached hydrogens (tertiary/aromatic N) is 1. The standard InChI is InChI=1S/C24H27ClN4O2/c25-19-6-3-7-20(15-19)28-24(30)23(22(16-26)29-12-10-27-11-13-29)31-21-9-8-17-4-1-2-5-18(17)14-21/h1-7,15-16,21,26-27H,8-14H2,(H,28,30). The van der Waals surface area contributed by atoms with Crippen molar-refractivity contribution >= 4 is 29.4 Å². The largest absolute Gasteiger partial charge is 0.483 e. The first kappa shape index (κ1) is 21.4. The first-order valence-corrected chi connectivity index (χ1v) is 11.0. The summed E-state index contributed by atoms with van der Waals surface area (Å²) in [6.45, 7) is 3.04. The minimum Gasteiger partial charge on any atom is -0.483 e. The van der Waals surface area contributed by atoms with E-state index in [1.165, 1.54) is 17.3 Å². The number of ether oxygens (including phenoxy) is 1. The molecule has 0 bridgehead atoms. The maximum atomic E-state index is 13.3. The molecule has 0 saturated carbocycles. The van der Waals surface area contributed by atoms with Gasteiger partial charge in [-0.2, -0.15) is 0 Å². The molecule has 1 heterocycles. The van der Waals surface area contributed by atoms with Crippen LogP contribution in [0.15, 0.2) is 60.0 Å². The molecular weight excluding hydrogens is 412 g/mol. The second-order valence-corrected chi connectivity index (χ2v) is 8.25. The van der Waals surface area contributed by atoms with Gasteiger partial charge in [-0.1, -0.05) is 41.9 Å². The number of amides is 1. The van der Waals surface area contributed by atoms with Crippen molar-refractivity contribution in [1.82, 2.24) is 10.2 Å². The van der Waals surface area contributed by atoms with Crippen LogP contribution in [0.4, 0.5) is 5.69 Å². The third-order valence-corrected chi connectivity index (χ3v) is 5.94. The van der Waals surface area contributed by atoms with E-state index in [2.05, 4.69) is 28.8 Å². The molecular formula is C24H27ClN4O2. The van der Waals surface area contributed by atoms with Crippen LogP contribution in [0.3, 0.4) is 0 Å². The maximum Gasteiger partial charge on any atom is 0.293 e. The Labute approximate surface area is 187 Å². The zero-order chi connectivity index (χ0) is 21.6. The van der Waals surface area contributed by atoms with Crippen molar-refractivity contribution in [2.75, 3.05) is 31.5 Å². The molecule has 1 aliphatic carbocycles. The summed E-state index contributed by atoms with van der Waals surface area (Å²) in [4.78, 5) is 15.3. The molecule has 31 heavy (non-hydrogen) atoms. The molecule has 7 heteroatoms. The van der Waals surface area contributed by atoms with E-state index in [0.29, 0.717) is 16.4 Å². The number of fused-ring (bicyclic) bond motifs is 1. The molecule has 1 atom stereocenters. The summed E-state index contributed by atoms with van der Waals surface area (Å²) in [5.74, 6) is -0.167. The van der Waals surface area contributed by atoms with Gasteiger partial charge in [0, 0.05) is 49.5 Å². The van der Waals surface area contributed by atoms with E-state index in [1.54, 1.807) is 24.3 Å². The second-order valence-electron chi connectivity index (χ2n) is 7.81. The summed E-state index contributed by atoms with van der Waals surface area (Å²) in [5, 5.41) is 14.8. The number of hydrogen-bond donors (Lipinski definition) is 3. The van der Waals surface area contributed by atoms with Gasteiger partial charge in [0.25, 0.3) is 5.91 Å². The van der Waals surface area contributed by atoms with Gasteiger partial charge in [-0.25, -0.2) is 0 Å². The summed E-state index contributed by atoms with van der Waals surface area (Å²) >= 11 is 6.08. The number of carbonyl (C=O) groups excluding carboxylic acids is 1. The fourth-order valence-corrected chi connectivity index (χ4v) is 4.31. The van der Waals surface area contributed by atoms with Crippen LogP contribution in [0.5, 0.6) is 0 Å². The fraction of sp³-hybridized carbons (Fsp3) is 0.333. The monoisotopic (exact) mass is 438 g/mol. The lowest BCUT2D eigenvalue weighted by Crippen LogP contribution is -2.44. The number of piperazine rings is 1. The molecule has 2 aliphatic rings. The summed E-state index contributed by atoms with van der Waals surface area (Å²) in [6, 6.07) is 15.4. The third-order valence-electron chi connectivity index (χ3n) is 5.70. The third kappa shape index (κ3) is 5.27. The summed E-state index contributed by atoms with van der Waals surface area (Å²) in [7, 11) is 0.